The van der Waals surface area contributed by atoms with E-state index in [-0.39, 0.29) is 18.0 Å². The highest BCUT2D eigenvalue weighted by molar-refractivity contribution is 5.91. The van der Waals surface area contributed by atoms with Crippen LogP contribution in [0.15, 0.2) is 53.3 Å². The van der Waals surface area contributed by atoms with E-state index in [1.807, 2.05) is 32.0 Å². The Labute approximate surface area is 168 Å². The van der Waals surface area contributed by atoms with Gasteiger partial charge in [0.2, 0.25) is 5.91 Å². The number of hydrogen-bond acceptors (Lipinski definition) is 5. The summed E-state index contributed by atoms with van der Waals surface area (Å²) in [6, 6.07) is 14.2. The molecule has 2 aromatic carbocycles. The van der Waals surface area contributed by atoms with Gasteiger partial charge < -0.3 is 14.8 Å². The van der Waals surface area contributed by atoms with Gasteiger partial charge >= 0.3 is 0 Å². The van der Waals surface area contributed by atoms with Crippen molar-refractivity contribution in [1.82, 2.24) is 9.78 Å². The van der Waals surface area contributed by atoms with Crippen LogP contribution in [0.1, 0.15) is 11.1 Å². The summed E-state index contributed by atoms with van der Waals surface area (Å²) in [5.74, 6) is 0.715. The molecule has 0 atom stereocenters. The number of nitrogens with one attached hydrogen (secondary N) is 1. The number of anilines is 1. The topological polar surface area (TPSA) is 82.5 Å². The summed E-state index contributed by atoms with van der Waals surface area (Å²) in [5.41, 5.74) is 3.86. The zero-order valence-electron chi connectivity index (χ0n) is 16.9. The number of rotatable bonds is 6. The highest BCUT2D eigenvalue weighted by atomic mass is 16.5. The highest BCUT2D eigenvalue weighted by Crippen LogP contribution is 2.26. The summed E-state index contributed by atoms with van der Waals surface area (Å²) in [6.07, 6.45) is 0. The number of amides is 1. The van der Waals surface area contributed by atoms with Gasteiger partial charge in [-0.15, -0.1) is 0 Å². The van der Waals surface area contributed by atoms with Gasteiger partial charge in [-0.05, 0) is 31.5 Å². The van der Waals surface area contributed by atoms with Gasteiger partial charge in [0.1, 0.15) is 18.0 Å². The third-order valence-corrected chi connectivity index (χ3v) is 4.46. The molecular weight excluding hydrogens is 370 g/mol. The Balaban J connectivity index is 1.84. The molecule has 1 amide bonds. The predicted molar refractivity (Wildman–Crippen MR) is 112 cm³/mol. The molecule has 1 heterocycles. The van der Waals surface area contributed by atoms with E-state index < -0.39 is 0 Å². The molecule has 29 heavy (non-hydrogen) atoms. The zero-order valence-corrected chi connectivity index (χ0v) is 16.9. The molecule has 1 aromatic heterocycles. The average molecular weight is 393 g/mol. The molecule has 3 rings (SSSR count). The van der Waals surface area contributed by atoms with Crippen molar-refractivity contribution < 1.29 is 14.3 Å². The average Bonchev–Trinajstić information content (AvgIpc) is 2.71. The van der Waals surface area contributed by atoms with Crippen molar-refractivity contribution in [2.45, 2.75) is 20.4 Å². The maximum absolute atomic E-state index is 12.5. The third kappa shape index (κ3) is 4.82. The highest BCUT2D eigenvalue weighted by Gasteiger charge is 2.11. The van der Waals surface area contributed by atoms with Crippen LogP contribution in [0.25, 0.3) is 11.3 Å². The molecule has 1 N–H and O–H groups in total. The molecule has 0 aliphatic carbocycles. The lowest BCUT2D eigenvalue weighted by Crippen LogP contribution is -2.29. The lowest BCUT2D eigenvalue weighted by molar-refractivity contribution is -0.117. The maximum Gasteiger partial charge on any atom is 0.267 e. The standard InChI is InChI=1S/C22H23N3O4/c1-14-5-6-15(2)19(9-14)20-7-8-22(27)25(24-20)13-21(26)23-16-10-17(28-3)12-18(11-16)29-4/h5-12H,13H2,1-4H3,(H,23,26). The van der Waals surface area contributed by atoms with Crippen molar-refractivity contribution in [3.8, 4) is 22.8 Å². The molecule has 7 heteroatoms. The maximum atomic E-state index is 12.5. The molecule has 0 saturated carbocycles. The Kier molecular flexibility index (Phi) is 5.97. The molecular formula is C22H23N3O4. The summed E-state index contributed by atoms with van der Waals surface area (Å²) in [5, 5.41) is 7.14. The molecule has 3 aromatic rings. The molecule has 0 spiro atoms. The van der Waals surface area contributed by atoms with Crippen LogP contribution in [-0.2, 0) is 11.3 Å². The van der Waals surface area contributed by atoms with Gasteiger partial charge in [0.05, 0.1) is 19.9 Å². The van der Waals surface area contributed by atoms with Gasteiger partial charge in [0, 0.05) is 35.5 Å². The van der Waals surface area contributed by atoms with E-state index in [9.17, 15) is 9.59 Å². The first-order valence-corrected chi connectivity index (χ1v) is 9.08. The largest absolute Gasteiger partial charge is 0.497 e. The summed E-state index contributed by atoms with van der Waals surface area (Å²) in [6.45, 7) is 3.76. The Hall–Kier alpha value is -3.61. The lowest BCUT2D eigenvalue weighted by atomic mass is 10.0. The minimum atomic E-state index is -0.381. The minimum absolute atomic E-state index is 0.211. The molecule has 0 bridgehead atoms. The minimum Gasteiger partial charge on any atom is -0.497 e. The monoisotopic (exact) mass is 393 g/mol. The SMILES string of the molecule is COc1cc(NC(=O)Cn2nc(-c3cc(C)ccc3C)ccc2=O)cc(OC)c1. The van der Waals surface area contributed by atoms with Crippen molar-refractivity contribution in [2.75, 3.05) is 19.5 Å². The quantitative estimate of drug-likeness (QED) is 0.696. The molecule has 0 radical (unpaired) electrons. The van der Waals surface area contributed by atoms with Crippen molar-refractivity contribution in [2.24, 2.45) is 0 Å². The summed E-state index contributed by atoms with van der Waals surface area (Å²) in [7, 11) is 3.06. The number of nitrogens with zero attached hydrogens (tertiary/aromatic N) is 2. The molecule has 0 fully saturated rings. The number of methoxy groups -OCH3 is 2. The van der Waals surface area contributed by atoms with Crippen LogP contribution in [0.5, 0.6) is 11.5 Å². The number of ether oxygens (including phenoxy) is 2. The Morgan fingerprint density at radius 3 is 2.34 bits per heavy atom. The number of aromatic nitrogens is 2. The van der Waals surface area contributed by atoms with Crippen LogP contribution in [0.2, 0.25) is 0 Å². The smallest absolute Gasteiger partial charge is 0.267 e. The molecule has 150 valence electrons. The first kappa shape index (κ1) is 20.1. The van der Waals surface area contributed by atoms with Gasteiger partial charge in [-0.2, -0.15) is 5.10 Å². The van der Waals surface area contributed by atoms with Crippen molar-refractivity contribution in [3.05, 3.63) is 70.0 Å². The second kappa shape index (κ2) is 8.60. The normalized spacial score (nSPS) is 10.5. The first-order chi connectivity index (χ1) is 13.9. The molecule has 0 unspecified atom stereocenters. The van der Waals surface area contributed by atoms with Crippen LogP contribution in [0.4, 0.5) is 5.69 Å². The van der Waals surface area contributed by atoms with Gasteiger partial charge in [0.25, 0.3) is 5.56 Å². The van der Waals surface area contributed by atoms with Crippen LogP contribution in [0.3, 0.4) is 0 Å². The molecule has 7 nitrogen and oxygen atoms in total. The summed E-state index contributed by atoms with van der Waals surface area (Å²) < 4.78 is 11.6. The van der Waals surface area contributed by atoms with Gasteiger partial charge in [-0.3, -0.25) is 9.59 Å². The van der Waals surface area contributed by atoms with Gasteiger partial charge in [0.15, 0.2) is 0 Å². The van der Waals surface area contributed by atoms with Crippen LogP contribution in [0, 0.1) is 13.8 Å². The molecule has 0 aliphatic rings. The number of carbonyl (C=O) groups is 1. The van der Waals surface area contributed by atoms with E-state index in [4.69, 9.17) is 9.47 Å². The zero-order chi connectivity index (χ0) is 21.0. The van der Waals surface area contributed by atoms with Gasteiger partial charge in [-0.1, -0.05) is 17.7 Å². The Bertz CT molecular complexity index is 1080. The number of hydrogen-bond donors (Lipinski definition) is 1. The molecule has 0 aliphatic heterocycles. The predicted octanol–water partition coefficient (Wildman–Crippen LogP) is 3.18. The number of benzene rings is 2. The number of carbonyl (C=O) groups excluding carboxylic acids is 1. The Morgan fingerprint density at radius 1 is 1.00 bits per heavy atom. The fourth-order valence-corrected chi connectivity index (χ4v) is 2.93. The van der Waals surface area contributed by atoms with Crippen LogP contribution < -0.4 is 20.3 Å². The fraction of sp³-hybridized carbons (Fsp3) is 0.227. The van der Waals surface area contributed by atoms with Crippen molar-refractivity contribution >= 4 is 11.6 Å². The second-order valence-electron chi connectivity index (χ2n) is 6.68. The van der Waals surface area contributed by atoms with Crippen molar-refractivity contribution in [1.29, 1.82) is 0 Å². The summed E-state index contributed by atoms with van der Waals surface area (Å²) in [4.78, 5) is 24.7. The summed E-state index contributed by atoms with van der Waals surface area (Å²) >= 11 is 0. The Morgan fingerprint density at radius 2 is 1.69 bits per heavy atom. The van der Waals surface area contributed by atoms with E-state index in [2.05, 4.69) is 10.4 Å². The van der Waals surface area contributed by atoms with Crippen LogP contribution >= 0.6 is 0 Å². The van der Waals surface area contributed by atoms with E-state index in [1.54, 1.807) is 24.3 Å². The van der Waals surface area contributed by atoms with E-state index >= 15 is 0 Å². The lowest BCUT2D eigenvalue weighted by Gasteiger charge is -2.11. The van der Waals surface area contributed by atoms with E-state index in [0.717, 1.165) is 21.4 Å². The van der Waals surface area contributed by atoms with E-state index in [0.29, 0.717) is 22.9 Å². The van der Waals surface area contributed by atoms with Crippen LogP contribution in [-0.4, -0.2) is 29.9 Å². The fourth-order valence-electron chi connectivity index (χ4n) is 2.93. The first-order valence-electron chi connectivity index (χ1n) is 9.08. The second-order valence-corrected chi connectivity index (χ2v) is 6.68. The van der Waals surface area contributed by atoms with Gasteiger partial charge in [-0.25, -0.2) is 4.68 Å². The third-order valence-electron chi connectivity index (χ3n) is 4.46. The van der Waals surface area contributed by atoms with Crippen molar-refractivity contribution in [3.63, 3.8) is 0 Å². The molecule has 0 saturated heterocycles. The number of aryl methyl sites for hydroxylation is 2. The van der Waals surface area contributed by atoms with E-state index in [1.165, 1.54) is 20.3 Å².